The normalized spacial score (nSPS) is 14.5. The van der Waals surface area contributed by atoms with E-state index in [1.807, 2.05) is 17.8 Å². The van der Waals surface area contributed by atoms with Gasteiger partial charge in [-0.3, -0.25) is 0 Å². The number of ether oxygens (including phenoxy) is 1. The van der Waals surface area contributed by atoms with E-state index in [9.17, 15) is 9.70 Å². The maximum atomic E-state index is 11.8. The summed E-state index contributed by atoms with van der Waals surface area (Å²) in [5.74, 6) is 6.79. The van der Waals surface area contributed by atoms with Gasteiger partial charge in [-0.1, -0.05) is 25.7 Å². The number of rotatable bonds is 3. The van der Waals surface area contributed by atoms with Crippen molar-refractivity contribution >= 4 is 23.4 Å². The second-order valence-electron chi connectivity index (χ2n) is 6.99. The summed E-state index contributed by atoms with van der Waals surface area (Å²) in [6, 6.07) is 10.9. The summed E-state index contributed by atoms with van der Waals surface area (Å²) >= 11 is 1.88. The van der Waals surface area contributed by atoms with E-state index in [-0.39, 0.29) is 17.7 Å². The fraction of sp³-hybridized carbons (Fsp3) is 0.318. The third-order valence-electron chi connectivity index (χ3n) is 4.64. The van der Waals surface area contributed by atoms with Crippen molar-refractivity contribution in [3.63, 3.8) is 0 Å². The number of nitroso groups, excluding NO2 is 1. The number of fused-ring (bicyclic) bond motifs is 1. The first-order chi connectivity index (χ1) is 12.9. The van der Waals surface area contributed by atoms with Crippen molar-refractivity contribution in [1.29, 1.82) is 0 Å². The predicted octanol–water partition coefficient (Wildman–Crippen LogP) is 5.43. The van der Waals surface area contributed by atoms with Crippen LogP contribution >= 0.6 is 11.8 Å². The Kier molecular flexibility index (Phi) is 5.67. The van der Waals surface area contributed by atoms with Crippen molar-refractivity contribution in [3.8, 4) is 11.8 Å². The summed E-state index contributed by atoms with van der Waals surface area (Å²) in [6.45, 7) is 6.52. The maximum Gasteiger partial charge on any atom is 0.338 e. The van der Waals surface area contributed by atoms with E-state index in [2.05, 4.69) is 43.0 Å². The molecule has 0 saturated heterocycles. The molecule has 3 rings (SSSR count). The van der Waals surface area contributed by atoms with Crippen LogP contribution in [0.25, 0.3) is 0 Å². The molecule has 27 heavy (non-hydrogen) atoms. The molecule has 0 aromatic heterocycles. The summed E-state index contributed by atoms with van der Waals surface area (Å²) in [6.07, 6.45) is 1.14. The molecule has 0 bridgehead atoms. The van der Waals surface area contributed by atoms with E-state index in [4.69, 9.17) is 4.74 Å². The van der Waals surface area contributed by atoms with Crippen LogP contribution < -0.4 is 0 Å². The van der Waals surface area contributed by atoms with Crippen molar-refractivity contribution in [2.45, 2.75) is 37.5 Å². The predicted molar refractivity (Wildman–Crippen MR) is 109 cm³/mol. The number of esters is 1. The van der Waals surface area contributed by atoms with Gasteiger partial charge >= 0.3 is 5.97 Å². The number of hydrogen-bond acceptors (Lipinski definition) is 5. The van der Waals surface area contributed by atoms with Crippen LogP contribution in [0.1, 0.15) is 54.2 Å². The van der Waals surface area contributed by atoms with E-state index in [0.29, 0.717) is 11.1 Å². The molecule has 0 saturated carbocycles. The van der Waals surface area contributed by atoms with Crippen molar-refractivity contribution < 1.29 is 9.53 Å². The van der Waals surface area contributed by atoms with E-state index in [1.165, 1.54) is 16.5 Å². The quantitative estimate of drug-likeness (QED) is 0.405. The van der Waals surface area contributed by atoms with Gasteiger partial charge in [0.05, 0.1) is 17.7 Å². The second-order valence-corrected chi connectivity index (χ2v) is 8.12. The molecule has 0 unspecified atom stereocenters. The Morgan fingerprint density at radius 2 is 2.04 bits per heavy atom. The highest BCUT2D eigenvalue weighted by Crippen LogP contribution is 2.41. The zero-order chi connectivity index (χ0) is 19.4. The minimum atomic E-state index is -0.476. The Hall–Kier alpha value is -2.58. The van der Waals surface area contributed by atoms with Crippen LogP contribution in [0.2, 0.25) is 0 Å². The van der Waals surface area contributed by atoms with Gasteiger partial charge in [0.25, 0.3) is 0 Å². The molecule has 0 amide bonds. The molecule has 0 fully saturated rings. The minimum absolute atomic E-state index is 0.134. The zero-order valence-electron chi connectivity index (χ0n) is 15.7. The Morgan fingerprint density at radius 3 is 2.78 bits per heavy atom. The van der Waals surface area contributed by atoms with Gasteiger partial charge in [-0.25, -0.2) is 4.79 Å². The Morgan fingerprint density at radius 1 is 1.22 bits per heavy atom. The molecule has 0 atom stereocenters. The molecule has 0 radical (unpaired) electrons. The molecule has 0 spiro atoms. The number of thioether (sulfide) groups is 1. The molecule has 2 aromatic rings. The molecule has 0 N–H and O–H groups in total. The first-order valence-corrected chi connectivity index (χ1v) is 9.87. The van der Waals surface area contributed by atoms with Crippen LogP contribution in [-0.2, 0) is 10.2 Å². The summed E-state index contributed by atoms with van der Waals surface area (Å²) in [4.78, 5) is 24.3. The number of carbonyl (C=O) groups excluding carboxylic acids is 1. The Balaban J connectivity index is 1.92. The summed E-state index contributed by atoms with van der Waals surface area (Å²) in [5, 5.41) is 3.02. The van der Waals surface area contributed by atoms with Gasteiger partial charge in [0.2, 0.25) is 0 Å². The Bertz CT molecular complexity index is 954. The maximum absolute atomic E-state index is 11.8. The molecule has 1 aliphatic heterocycles. The molecule has 4 nitrogen and oxygen atoms in total. The summed E-state index contributed by atoms with van der Waals surface area (Å²) < 4.78 is 4.95. The monoisotopic (exact) mass is 379 g/mol. The lowest BCUT2D eigenvalue weighted by molar-refractivity contribution is 0.0526. The van der Waals surface area contributed by atoms with Gasteiger partial charge in [-0.2, -0.15) is 0 Å². The lowest BCUT2D eigenvalue weighted by Gasteiger charge is -2.32. The molecule has 138 valence electrons. The highest BCUT2D eigenvalue weighted by molar-refractivity contribution is 7.99. The van der Waals surface area contributed by atoms with E-state index >= 15 is 0 Å². The van der Waals surface area contributed by atoms with Crippen LogP contribution in [-0.4, -0.2) is 18.3 Å². The van der Waals surface area contributed by atoms with Gasteiger partial charge in [-0.05, 0) is 71.7 Å². The fourth-order valence-corrected chi connectivity index (χ4v) is 4.49. The number of hydrogen-bond donors (Lipinski definition) is 0. The van der Waals surface area contributed by atoms with E-state index in [0.717, 1.165) is 17.7 Å². The lowest BCUT2D eigenvalue weighted by atomic mass is 9.81. The summed E-state index contributed by atoms with van der Waals surface area (Å²) in [5.41, 5.74) is 3.28. The smallest absolute Gasteiger partial charge is 0.338 e. The average molecular weight is 379 g/mol. The molecular formula is C22H21NO3S. The van der Waals surface area contributed by atoms with Crippen LogP contribution in [0.4, 0.5) is 5.69 Å². The highest BCUT2D eigenvalue weighted by atomic mass is 32.2. The Labute approximate surface area is 163 Å². The zero-order valence-corrected chi connectivity index (χ0v) is 16.5. The first kappa shape index (κ1) is 19.2. The summed E-state index contributed by atoms with van der Waals surface area (Å²) in [7, 11) is 0. The second kappa shape index (κ2) is 7.98. The fourth-order valence-electron chi connectivity index (χ4n) is 3.01. The van der Waals surface area contributed by atoms with Crippen LogP contribution in [0, 0.1) is 16.7 Å². The van der Waals surface area contributed by atoms with Crippen LogP contribution in [0.5, 0.6) is 0 Å². The number of carbonyl (C=O) groups is 1. The van der Waals surface area contributed by atoms with Gasteiger partial charge in [0.1, 0.15) is 5.69 Å². The third kappa shape index (κ3) is 4.23. The minimum Gasteiger partial charge on any atom is -0.462 e. The third-order valence-corrected chi connectivity index (χ3v) is 5.72. The molecule has 0 aliphatic carbocycles. The van der Waals surface area contributed by atoms with Gasteiger partial charge in [0.15, 0.2) is 0 Å². The first-order valence-electron chi connectivity index (χ1n) is 8.88. The van der Waals surface area contributed by atoms with Gasteiger partial charge in [0, 0.05) is 10.5 Å². The van der Waals surface area contributed by atoms with Crippen LogP contribution in [0.3, 0.4) is 0 Å². The highest BCUT2D eigenvalue weighted by Gasteiger charge is 2.27. The molecule has 2 aromatic carbocycles. The topological polar surface area (TPSA) is 55.7 Å². The van der Waals surface area contributed by atoms with Crippen molar-refractivity contribution in [2.75, 3.05) is 12.4 Å². The van der Waals surface area contributed by atoms with Crippen molar-refractivity contribution in [3.05, 3.63) is 63.6 Å². The molecule has 1 aliphatic rings. The lowest BCUT2D eigenvalue weighted by Crippen LogP contribution is -2.22. The van der Waals surface area contributed by atoms with Crippen molar-refractivity contribution in [2.24, 2.45) is 5.18 Å². The van der Waals surface area contributed by atoms with Gasteiger partial charge in [-0.15, -0.1) is 16.7 Å². The molecule has 5 heteroatoms. The number of nitrogens with zero attached hydrogens (tertiary/aromatic N) is 1. The van der Waals surface area contributed by atoms with Crippen LogP contribution in [0.15, 0.2) is 46.5 Å². The standard InChI is InChI=1S/C22H21NO3S/c1-4-26-21(24)17-9-8-16(19(14-17)23-25)7-5-15-6-10-20-18(13-15)22(2,3)11-12-27-20/h6,8-10,13-14H,4,11-12H2,1-3H3. The van der Waals surface area contributed by atoms with Crippen molar-refractivity contribution in [1.82, 2.24) is 0 Å². The number of benzene rings is 2. The molecular weight excluding hydrogens is 358 g/mol. The SMILES string of the molecule is CCOC(=O)c1ccc(C#Cc2ccc3c(c2)C(C)(C)CCS3)c(N=O)c1. The molecule has 1 heterocycles. The van der Waals surface area contributed by atoms with E-state index < -0.39 is 5.97 Å². The van der Waals surface area contributed by atoms with Gasteiger partial charge < -0.3 is 4.74 Å². The van der Waals surface area contributed by atoms with E-state index in [1.54, 1.807) is 19.1 Å². The largest absolute Gasteiger partial charge is 0.462 e. The average Bonchev–Trinajstić information content (AvgIpc) is 2.66.